The SMILES string of the molecule is C=CC1=CC(=O)NCC1. The first-order valence-corrected chi connectivity index (χ1v) is 2.94. The number of rotatable bonds is 1. The van der Waals surface area contributed by atoms with E-state index in [0.717, 1.165) is 18.5 Å². The maximum Gasteiger partial charge on any atom is 0.244 e. The molecule has 0 aliphatic carbocycles. The van der Waals surface area contributed by atoms with E-state index in [1.54, 1.807) is 12.2 Å². The van der Waals surface area contributed by atoms with Crippen molar-refractivity contribution < 1.29 is 4.79 Å². The number of carbonyl (C=O) groups is 1. The van der Waals surface area contributed by atoms with Crippen LogP contribution >= 0.6 is 0 Å². The zero-order valence-electron chi connectivity index (χ0n) is 5.18. The molecule has 0 unspecified atom stereocenters. The van der Waals surface area contributed by atoms with Gasteiger partial charge in [0.2, 0.25) is 5.91 Å². The number of allylic oxidation sites excluding steroid dienone is 1. The molecule has 1 heterocycles. The van der Waals surface area contributed by atoms with Crippen molar-refractivity contribution in [3.05, 3.63) is 24.3 Å². The highest BCUT2D eigenvalue weighted by atomic mass is 16.1. The molecular weight excluding hydrogens is 114 g/mol. The minimum Gasteiger partial charge on any atom is -0.352 e. The number of hydrogen-bond donors (Lipinski definition) is 1. The Balaban J connectivity index is 2.70. The molecular formula is C7H9NO. The normalized spacial score (nSPS) is 18.2. The molecule has 1 amide bonds. The van der Waals surface area contributed by atoms with Crippen LogP contribution < -0.4 is 5.32 Å². The second kappa shape index (κ2) is 2.49. The van der Waals surface area contributed by atoms with Crippen molar-refractivity contribution in [2.45, 2.75) is 6.42 Å². The van der Waals surface area contributed by atoms with Crippen LogP contribution in [-0.2, 0) is 4.79 Å². The predicted octanol–water partition coefficient (Wildman–Crippen LogP) is 0.619. The van der Waals surface area contributed by atoms with Crippen molar-refractivity contribution in [2.24, 2.45) is 0 Å². The molecule has 0 aromatic heterocycles. The maximum atomic E-state index is 10.6. The van der Waals surface area contributed by atoms with Gasteiger partial charge in [-0.1, -0.05) is 12.7 Å². The van der Waals surface area contributed by atoms with Gasteiger partial charge in [-0.3, -0.25) is 4.79 Å². The average Bonchev–Trinajstić information content (AvgIpc) is 1.88. The van der Waals surface area contributed by atoms with Crippen molar-refractivity contribution >= 4 is 5.91 Å². The Hall–Kier alpha value is -1.05. The first kappa shape index (κ1) is 6.08. The van der Waals surface area contributed by atoms with Gasteiger partial charge in [0.1, 0.15) is 0 Å². The van der Waals surface area contributed by atoms with Crippen LogP contribution in [-0.4, -0.2) is 12.5 Å². The topological polar surface area (TPSA) is 29.1 Å². The van der Waals surface area contributed by atoms with E-state index in [4.69, 9.17) is 0 Å². The number of amides is 1. The highest BCUT2D eigenvalue weighted by Gasteiger charge is 2.04. The van der Waals surface area contributed by atoms with Crippen LogP contribution in [0.1, 0.15) is 6.42 Å². The highest BCUT2D eigenvalue weighted by Crippen LogP contribution is 2.04. The largest absolute Gasteiger partial charge is 0.352 e. The quantitative estimate of drug-likeness (QED) is 0.544. The Bertz CT molecular complexity index is 170. The average molecular weight is 123 g/mol. The van der Waals surface area contributed by atoms with E-state index in [2.05, 4.69) is 11.9 Å². The third-order valence-corrected chi connectivity index (χ3v) is 1.29. The van der Waals surface area contributed by atoms with Gasteiger partial charge in [-0.2, -0.15) is 0 Å². The summed E-state index contributed by atoms with van der Waals surface area (Å²) in [6.07, 6.45) is 4.21. The zero-order chi connectivity index (χ0) is 6.69. The smallest absolute Gasteiger partial charge is 0.244 e. The molecule has 0 aromatic carbocycles. The van der Waals surface area contributed by atoms with Gasteiger partial charge in [0.05, 0.1) is 0 Å². The number of hydrogen-bond acceptors (Lipinski definition) is 1. The molecule has 1 N–H and O–H groups in total. The van der Waals surface area contributed by atoms with Crippen LogP contribution in [0.3, 0.4) is 0 Å². The van der Waals surface area contributed by atoms with Gasteiger partial charge in [-0.25, -0.2) is 0 Å². The lowest BCUT2D eigenvalue weighted by Crippen LogP contribution is -2.26. The second-order valence-electron chi connectivity index (χ2n) is 1.96. The van der Waals surface area contributed by atoms with E-state index in [-0.39, 0.29) is 5.91 Å². The minimum atomic E-state index is -0.00356. The summed E-state index contributed by atoms with van der Waals surface area (Å²) in [6, 6.07) is 0. The molecule has 0 bridgehead atoms. The van der Waals surface area contributed by atoms with Gasteiger partial charge in [0.25, 0.3) is 0 Å². The molecule has 9 heavy (non-hydrogen) atoms. The summed E-state index contributed by atoms with van der Waals surface area (Å²) in [6.45, 7) is 4.32. The molecule has 1 rings (SSSR count). The van der Waals surface area contributed by atoms with Crippen molar-refractivity contribution in [3.63, 3.8) is 0 Å². The summed E-state index contributed by atoms with van der Waals surface area (Å²) >= 11 is 0. The Kier molecular flexibility index (Phi) is 1.68. The fourth-order valence-electron chi connectivity index (χ4n) is 0.783. The van der Waals surface area contributed by atoms with E-state index in [1.807, 2.05) is 0 Å². The van der Waals surface area contributed by atoms with E-state index in [9.17, 15) is 4.79 Å². The third kappa shape index (κ3) is 1.42. The summed E-state index contributed by atoms with van der Waals surface area (Å²) < 4.78 is 0. The molecule has 1 aliphatic heterocycles. The Labute approximate surface area is 54.3 Å². The van der Waals surface area contributed by atoms with Crippen molar-refractivity contribution in [2.75, 3.05) is 6.54 Å². The molecule has 0 radical (unpaired) electrons. The lowest BCUT2D eigenvalue weighted by molar-refractivity contribution is -0.116. The summed E-state index contributed by atoms with van der Waals surface area (Å²) in [4.78, 5) is 10.6. The molecule has 1 aliphatic rings. The van der Waals surface area contributed by atoms with Gasteiger partial charge >= 0.3 is 0 Å². The number of carbonyl (C=O) groups excluding carboxylic acids is 1. The Morgan fingerprint density at radius 1 is 1.78 bits per heavy atom. The molecule has 0 spiro atoms. The van der Waals surface area contributed by atoms with Gasteiger partial charge in [-0.15, -0.1) is 0 Å². The summed E-state index contributed by atoms with van der Waals surface area (Å²) in [5.74, 6) is -0.00356. The fourth-order valence-corrected chi connectivity index (χ4v) is 0.783. The standard InChI is InChI=1S/C7H9NO/c1-2-6-3-4-8-7(9)5-6/h2,5H,1,3-4H2,(H,8,9). The lowest BCUT2D eigenvalue weighted by atomic mass is 10.1. The third-order valence-electron chi connectivity index (χ3n) is 1.29. The molecule has 0 saturated carbocycles. The molecule has 2 nitrogen and oxygen atoms in total. The Morgan fingerprint density at radius 3 is 3.00 bits per heavy atom. The van der Waals surface area contributed by atoms with Crippen molar-refractivity contribution in [3.8, 4) is 0 Å². The van der Waals surface area contributed by atoms with E-state index < -0.39 is 0 Å². The highest BCUT2D eigenvalue weighted by molar-refractivity contribution is 5.89. The van der Waals surface area contributed by atoms with Crippen LogP contribution in [0.25, 0.3) is 0 Å². The fraction of sp³-hybridized carbons (Fsp3) is 0.286. The summed E-state index contributed by atoms with van der Waals surface area (Å²) in [5.41, 5.74) is 1.03. The van der Waals surface area contributed by atoms with Gasteiger partial charge < -0.3 is 5.32 Å². The molecule has 2 heteroatoms. The second-order valence-corrected chi connectivity index (χ2v) is 1.96. The monoisotopic (exact) mass is 123 g/mol. The molecule has 48 valence electrons. The van der Waals surface area contributed by atoms with Crippen LogP contribution in [0.4, 0.5) is 0 Å². The van der Waals surface area contributed by atoms with Gasteiger partial charge in [0, 0.05) is 12.6 Å². The zero-order valence-corrected chi connectivity index (χ0v) is 5.18. The predicted molar refractivity (Wildman–Crippen MR) is 35.9 cm³/mol. The van der Waals surface area contributed by atoms with Crippen molar-refractivity contribution in [1.29, 1.82) is 0 Å². The van der Waals surface area contributed by atoms with Gasteiger partial charge in [0.15, 0.2) is 0 Å². The molecule has 0 aromatic rings. The minimum absolute atomic E-state index is 0.00356. The number of nitrogens with one attached hydrogen (secondary N) is 1. The van der Waals surface area contributed by atoms with Gasteiger partial charge in [-0.05, 0) is 12.0 Å². The summed E-state index contributed by atoms with van der Waals surface area (Å²) in [7, 11) is 0. The first-order valence-electron chi connectivity index (χ1n) is 2.94. The first-order chi connectivity index (χ1) is 4.33. The van der Waals surface area contributed by atoms with Crippen LogP contribution in [0.5, 0.6) is 0 Å². The maximum absolute atomic E-state index is 10.6. The summed E-state index contributed by atoms with van der Waals surface area (Å²) in [5, 5.41) is 2.68. The molecule has 0 fully saturated rings. The Morgan fingerprint density at radius 2 is 2.56 bits per heavy atom. The van der Waals surface area contributed by atoms with E-state index in [1.165, 1.54) is 0 Å². The van der Waals surface area contributed by atoms with E-state index >= 15 is 0 Å². The molecule has 0 saturated heterocycles. The molecule has 0 atom stereocenters. The van der Waals surface area contributed by atoms with Crippen LogP contribution in [0, 0.1) is 0 Å². The lowest BCUT2D eigenvalue weighted by Gasteiger charge is -2.08. The van der Waals surface area contributed by atoms with E-state index in [0.29, 0.717) is 0 Å². The van der Waals surface area contributed by atoms with Crippen LogP contribution in [0.15, 0.2) is 24.3 Å². The van der Waals surface area contributed by atoms with Crippen molar-refractivity contribution in [1.82, 2.24) is 5.32 Å². The van der Waals surface area contributed by atoms with Crippen LogP contribution in [0.2, 0.25) is 0 Å².